The molecule has 30 heavy (non-hydrogen) atoms. The minimum Gasteiger partial charge on any atom is -0.543 e. The second kappa shape index (κ2) is 11.2. The summed E-state index contributed by atoms with van der Waals surface area (Å²) >= 11 is 1.76. The summed E-state index contributed by atoms with van der Waals surface area (Å²) in [5.41, 5.74) is 2.46. The van der Waals surface area contributed by atoms with Gasteiger partial charge in [0.1, 0.15) is 5.75 Å². The Hall–Kier alpha value is -1.52. The van der Waals surface area contributed by atoms with E-state index in [1.54, 1.807) is 11.3 Å². The molecule has 0 unspecified atom stereocenters. The molecule has 2 rings (SSSR count). The molecule has 1 heterocycles. The molecule has 2 nitrogen and oxygen atoms in total. The molecular formula is C26H41NOSSi. The first-order chi connectivity index (χ1) is 14.2. The summed E-state index contributed by atoms with van der Waals surface area (Å²) in [6.45, 7) is 18.3. The minimum atomic E-state index is -1.93. The van der Waals surface area contributed by atoms with E-state index in [4.69, 9.17) is 4.43 Å². The van der Waals surface area contributed by atoms with Crippen LogP contribution in [-0.2, 0) is 0 Å². The van der Waals surface area contributed by atoms with Gasteiger partial charge in [-0.15, -0.1) is 11.3 Å². The van der Waals surface area contributed by atoms with Crippen molar-refractivity contribution >= 4 is 37.5 Å². The fourth-order valence-electron chi connectivity index (χ4n) is 3.00. The first-order valence-corrected chi connectivity index (χ1v) is 15.3. The van der Waals surface area contributed by atoms with Crippen molar-refractivity contribution < 1.29 is 4.43 Å². The molecular weight excluding hydrogens is 402 g/mol. The van der Waals surface area contributed by atoms with Crippen molar-refractivity contribution in [3.63, 3.8) is 0 Å². The summed E-state index contributed by atoms with van der Waals surface area (Å²) in [7, 11) is -1.93. The molecule has 2 aromatic rings. The molecule has 0 saturated heterocycles. The first kappa shape index (κ1) is 24.7. The lowest BCUT2D eigenvalue weighted by atomic mass is 10.1. The van der Waals surface area contributed by atoms with Crippen LogP contribution in [0.15, 0.2) is 35.7 Å². The van der Waals surface area contributed by atoms with Crippen LogP contribution in [0.4, 0.5) is 5.69 Å². The highest BCUT2D eigenvalue weighted by molar-refractivity contribution is 7.10. The van der Waals surface area contributed by atoms with E-state index < -0.39 is 8.32 Å². The molecule has 4 heteroatoms. The average molecular weight is 444 g/mol. The second-order valence-electron chi connectivity index (χ2n) is 9.63. The Bertz CT molecular complexity index is 782. The molecule has 0 aliphatic carbocycles. The predicted molar refractivity (Wildman–Crippen MR) is 140 cm³/mol. The van der Waals surface area contributed by atoms with Gasteiger partial charge < -0.3 is 9.33 Å². The summed E-state index contributed by atoms with van der Waals surface area (Å²) in [6, 6.07) is 11.1. The van der Waals surface area contributed by atoms with Crippen LogP contribution in [-0.4, -0.2) is 21.4 Å². The lowest BCUT2D eigenvalue weighted by Gasteiger charge is -2.37. The molecule has 1 aromatic carbocycles. The molecule has 0 spiro atoms. The zero-order valence-electron chi connectivity index (χ0n) is 20.1. The summed E-state index contributed by atoms with van der Waals surface area (Å²) in [5, 5.41) is 2.29. The number of rotatable bonds is 11. The Morgan fingerprint density at radius 1 is 1.00 bits per heavy atom. The third-order valence-electron chi connectivity index (χ3n) is 6.07. The topological polar surface area (TPSA) is 12.5 Å². The van der Waals surface area contributed by atoms with Crippen molar-refractivity contribution in [2.75, 3.05) is 18.0 Å². The van der Waals surface area contributed by atoms with E-state index in [0.29, 0.717) is 0 Å². The van der Waals surface area contributed by atoms with Gasteiger partial charge in [-0.25, -0.2) is 0 Å². The van der Waals surface area contributed by atoms with Crippen LogP contribution in [0.5, 0.6) is 5.75 Å². The van der Waals surface area contributed by atoms with Gasteiger partial charge in [-0.3, -0.25) is 0 Å². The third-order valence-corrected chi connectivity index (χ3v) is 11.2. The van der Waals surface area contributed by atoms with Crippen molar-refractivity contribution in [1.82, 2.24) is 0 Å². The van der Waals surface area contributed by atoms with E-state index in [9.17, 15) is 0 Å². The summed E-state index contributed by atoms with van der Waals surface area (Å²) in [4.78, 5) is 3.81. The molecule has 0 atom stereocenters. The fourth-order valence-corrected chi connectivity index (χ4v) is 4.65. The molecule has 0 saturated carbocycles. The lowest BCUT2D eigenvalue weighted by molar-refractivity contribution is 0.491. The normalized spacial score (nSPS) is 12.5. The van der Waals surface area contributed by atoms with Gasteiger partial charge in [-0.05, 0) is 66.7 Å². The van der Waals surface area contributed by atoms with Gasteiger partial charge in [0.15, 0.2) is 0 Å². The van der Waals surface area contributed by atoms with E-state index in [1.165, 1.54) is 41.8 Å². The number of benzene rings is 1. The zero-order valence-corrected chi connectivity index (χ0v) is 21.9. The van der Waals surface area contributed by atoms with E-state index in [1.807, 2.05) is 0 Å². The molecule has 0 N–H and O–H groups in total. The Labute approximate surface area is 190 Å². The van der Waals surface area contributed by atoms with Crippen LogP contribution in [0.3, 0.4) is 0 Å². The van der Waals surface area contributed by atoms with Gasteiger partial charge in [0.25, 0.3) is 8.32 Å². The molecule has 0 amide bonds. The van der Waals surface area contributed by atoms with Crippen LogP contribution < -0.4 is 9.33 Å². The molecule has 0 aliphatic rings. The van der Waals surface area contributed by atoms with Gasteiger partial charge in [-0.1, -0.05) is 53.5 Å². The highest BCUT2D eigenvalue weighted by Gasteiger charge is 2.39. The Balaban J connectivity index is 2.41. The van der Waals surface area contributed by atoms with Crippen molar-refractivity contribution in [2.24, 2.45) is 0 Å². The first-order valence-electron chi connectivity index (χ1n) is 11.5. The summed E-state index contributed by atoms with van der Waals surface area (Å²) in [6.07, 6.45) is 9.30. The highest BCUT2D eigenvalue weighted by atomic mass is 32.1. The molecule has 0 fully saturated rings. The average Bonchev–Trinajstić information content (AvgIpc) is 3.19. The number of hydrogen-bond donors (Lipinski definition) is 0. The van der Waals surface area contributed by atoms with Crippen molar-refractivity contribution in [3.8, 4) is 5.75 Å². The minimum absolute atomic E-state index is 0.169. The maximum absolute atomic E-state index is 6.83. The quantitative estimate of drug-likeness (QED) is 0.322. The van der Waals surface area contributed by atoms with Gasteiger partial charge in [0, 0.05) is 35.3 Å². The van der Waals surface area contributed by atoms with E-state index in [0.717, 1.165) is 18.8 Å². The van der Waals surface area contributed by atoms with Crippen molar-refractivity contribution in [2.45, 2.75) is 78.4 Å². The number of anilines is 1. The molecule has 1 aromatic heterocycles. The van der Waals surface area contributed by atoms with Crippen LogP contribution in [0.1, 0.15) is 70.7 Å². The molecule has 0 radical (unpaired) electrons. The zero-order chi connectivity index (χ0) is 22.2. The second-order valence-corrected chi connectivity index (χ2v) is 15.3. The maximum atomic E-state index is 6.83. The Morgan fingerprint density at radius 2 is 1.67 bits per heavy atom. The highest BCUT2D eigenvalue weighted by Crippen LogP contribution is 2.39. The van der Waals surface area contributed by atoms with Crippen LogP contribution in [0, 0.1) is 0 Å². The van der Waals surface area contributed by atoms with E-state index in [-0.39, 0.29) is 5.04 Å². The summed E-state index contributed by atoms with van der Waals surface area (Å²) < 4.78 is 6.83. The number of unbranched alkanes of at least 4 members (excludes halogenated alkanes) is 2. The van der Waals surface area contributed by atoms with Crippen molar-refractivity contribution in [3.05, 3.63) is 46.2 Å². The smallest absolute Gasteiger partial charge is 0.250 e. The maximum Gasteiger partial charge on any atom is 0.250 e. The molecule has 0 aliphatic heterocycles. The van der Waals surface area contributed by atoms with Crippen LogP contribution in [0.25, 0.3) is 12.2 Å². The third kappa shape index (κ3) is 7.02. The van der Waals surface area contributed by atoms with E-state index in [2.05, 4.69) is 100 Å². The van der Waals surface area contributed by atoms with Crippen LogP contribution >= 0.6 is 11.3 Å². The summed E-state index contributed by atoms with van der Waals surface area (Å²) in [5.74, 6) is 1.03. The number of nitrogens with zero attached hydrogens (tertiary/aromatic N) is 1. The lowest BCUT2D eigenvalue weighted by Crippen LogP contribution is -2.44. The van der Waals surface area contributed by atoms with E-state index >= 15 is 0 Å². The largest absolute Gasteiger partial charge is 0.543 e. The Kier molecular flexibility index (Phi) is 9.23. The predicted octanol–water partition coefficient (Wildman–Crippen LogP) is 8.71. The monoisotopic (exact) mass is 443 g/mol. The van der Waals surface area contributed by atoms with Gasteiger partial charge >= 0.3 is 0 Å². The standard InChI is InChI=1S/C26H41NOSSi/c1-8-10-18-27(19-11-9-2)23-16-14-22(15-17-24-13-12-20-29-24)25(21-23)28-30(6,7)26(3,4)5/h12-17,20-21H,8-11,18-19H2,1-7H3. The molecule has 166 valence electrons. The molecule has 0 bridgehead atoms. The van der Waals surface area contributed by atoms with Gasteiger partial charge in [0.05, 0.1) is 0 Å². The Morgan fingerprint density at radius 3 is 2.20 bits per heavy atom. The van der Waals surface area contributed by atoms with Crippen LogP contribution in [0.2, 0.25) is 18.1 Å². The fraction of sp³-hybridized carbons (Fsp3) is 0.538. The number of thiophene rings is 1. The SMILES string of the molecule is CCCCN(CCCC)c1ccc(C=Cc2cccs2)c(O[Si](C)(C)C(C)(C)C)c1. The van der Waals surface area contributed by atoms with Crippen molar-refractivity contribution in [1.29, 1.82) is 0 Å². The number of hydrogen-bond acceptors (Lipinski definition) is 3. The van der Waals surface area contributed by atoms with Gasteiger partial charge in [-0.2, -0.15) is 0 Å². The van der Waals surface area contributed by atoms with Gasteiger partial charge in [0.2, 0.25) is 0 Å².